The summed E-state index contributed by atoms with van der Waals surface area (Å²) in [6, 6.07) is 1.46. The predicted octanol–water partition coefficient (Wildman–Crippen LogP) is 0.872. The van der Waals surface area contributed by atoms with Crippen LogP contribution in [0.1, 0.15) is 24.8 Å². The predicted molar refractivity (Wildman–Crippen MR) is 56.0 cm³/mol. The van der Waals surface area contributed by atoms with Crippen LogP contribution in [-0.4, -0.2) is 19.6 Å². The van der Waals surface area contributed by atoms with Gasteiger partial charge in [-0.05, 0) is 20.8 Å². The molecule has 7 heteroatoms. The fourth-order valence-corrected chi connectivity index (χ4v) is 2.93. The third-order valence-electron chi connectivity index (χ3n) is 1.99. The van der Waals surface area contributed by atoms with Gasteiger partial charge in [-0.3, -0.25) is 0 Å². The van der Waals surface area contributed by atoms with Gasteiger partial charge in [-0.15, -0.1) is 0 Å². The zero-order chi connectivity index (χ0) is 12.3. The zero-order valence-electron chi connectivity index (χ0n) is 9.31. The number of sulfonamides is 1. The molecule has 0 radical (unpaired) electrons. The number of aromatic nitrogens is 1. The smallest absolute Gasteiger partial charge is 0.246 e. The first kappa shape index (κ1) is 12.7. The molecule has 1 aromatic rings. The Bertz CT molecular complexity index is 493. The first-order chi connectivity index (χ1) is 7.38. The van der Waals surface area contributed by atoms with Gasteiger partial charge in [0.1, 0.15) is 10.6 Å². The molecule has 0 aliphatic heterocycles. The molecule has 0 amide bonds. The van der Waals surface area contributed by atoms with E-state index in [1.165, 1.54) is 6.92 Å². The average molecular weight is 243 g/mol. The Labute approximate surface area is 94.3 Å². The van der Waals surface area contributed by atoms with Crippen LogP contribution in [0.4, 0.5) is 0 Å². The second kappa shape index (κ2) is 4.63. The number of aryl methyl sites for hydroxylation is 2. The lowest BCUT2D eigenvalue weighted by atomic mass is 10.3. The van der Waals surface area contributed by atoms with E-state index in [2.05, 4.69) is 9.88 Å². The van der Waals surface area contributed by atoms with Gasteiger partial charge in [0.15, 0.2) is 5.76 Å². The Morgan fingerprint density at radius 1 is 1.56 bits per heavy atom. The maximum Gasteiger partial charge on any atom is 0.246 e. The van der Waals surface area contributed by atoms with E-state index in [9.17, 15) is 8.42 Å². The minimum Gasteiger partial charge on any atom is -0.360 e. The summed E-state index contributed by atoms with van der Waals surface area (Å²) >= 11 is 0. The molecule has 0 bridgehead atoms. The third-order valence-corrected chi connectivity index (χ3v) is 3.82. The van der Waals surface area contributed by atoms with Gasteiger partial charge in [0.25, 0.3) is 0 Å². The molecular weight excluding hydrogens is 230 g/mol. The molecule has 1 rings (SSSR count). The van der Waals surface area contributed by atoms with Gasteiger partial charge < -0.3 is 4.52 Å². The van der Waals surface area contributed by atoms with Crippen LogP contribution in [0.15, 0.2) is 9.42 Å². The average Bonchev–Trinajstić information content (AvgIpc) is 2.45. The third kappa shape index (κ3) is 2.59. The summed E-state index contributed by atoms with van der Waals surface area (Å²) in [7, 11) is -3.66. The highest BCUT2D eigenvalue weighted by Gasteiger charge is 2.25. The Morgan fingerprint density at radius 2 is 2.19 bits per heavy atom. The quantitative estimate of drug-likeness (QED) is 0.846. The number of rotatable bonds is 4. The van der Waals surface area contributed by atoms with Gasteiger partial charge in [-0.2, -0.15) is 5.26 Å². The van der Waals surface area contributed by atoms with Gasteiger partial charge in [-0.25, -0.2) is 13.1 Å². The molecular formula is C9H13N3O3S. The largest absolute Gasteiger partial charge is 0.360 e. The van der Waals surface area contributed by atoms with Gasteiger partial charge in [0.2, 0.25) is 10.0 Å². The second-order valence-corrected chi connectivity index (χ2v) is 5.19. The zero-order valence-corrected chi connectivity index (χ0v) is 10.1. The van der Waals surface area contributed by atoms with E-state index in [0.717, 1.165) is 0 Å². The van der Waals surface area contributed by atoms with Crippen molar-refractivity contribution in [1.29, 1.82) is 5.26 Å². The van der Waals surface area contributed by atoms with Gasteiger partial charge in [-0.1, -0.05) is 5.16 Å². The van der Waals surface area contributed by atoms with Crippen LogP contribution in [0.3, 0.4) is 0 Å². The molecule has 6 nitrogen and oxygen atoms in total. The molecule has 88 valence electrons. The SMILES string of the molecule is Cc1noc(C)c1S(=O)(=O)NC(C)CC#N. The summed E-state index contributed by atoms with van der Waals surface area (Å²) in [4.78, 5) is 0.0530. The minimum atomic E-state index is -3.66. The molecule has 0 aliphatic rings. The Hall–Kier alpha value is -1.39. The van der Waals surface area contributed by atoms with Crippen molar-refractivity contribution in [3.63, 3.8) is 0 Å². The first-order valence-electron chi connectivity index (χ1n) is 4.70. The van der Waals surface area contributed by atoms with Crippen LogP contribution < -0.4 is 4.72 Å². The van der Waals surface area contributed by atoms with Crippen LogP contribution in [0.25, 0.3) is 0 Å². The number of hydrogen-bond donors (Lipinski definition) is 1. The minimum absolute atomic E-state index is 0.0530. The summed E-state index contributed by atoms with van der Waals surface area (Å²) < 4.78 is 31.0. The first-order valence-corrected chi connectivity index (χ1v) is 6.19. The van der Waals surface area contributed by atoms with Crippen LogP contribution in [0.5, 0.6) is 0 Å². The van der Waals surface area contributed by atoms with E-state index in [1.54, 1.807) is 13.8 Å². The van der Waals surface area contributed by atoms with Crippen molar-refractivity contribution >= 4 is 10.0 Å². The maximum absolute atomic E-state index is 11.9. The molecule has 16 heavy (non-hydrogen) atoms. The molecule has 0 saturated carbocycles. The van der Waals surface area contributed by atoms with E-state index < -0.39 is 16.1 Å². The lowest BCUT2D eigenvalue weighted by molar-refractivity contribution is 0.390. The van der Waals surface area contributed by atoms with E-state index >= 15 is 0 Å². The van der Waals surface area contributed by atoms with Gasteiger partial charge in [0, 0.05) is 6.04 Å². The lowest BCUT2D eigenvalue weighted by Crippen LogP contribution is -2.32. The van der Waals surface area contributed by atoms with Crippen molar-refractivity contribution in [2.24, 2.45) is 0 Å². The van der Waals surface area contributed by atoms with Crippen LogP contribution in [0.2, 0.25) is 0 Å². The fourth-order valence-electron chi connectivity index (χ4n) is 1.36. The number of hydrogen-bond acceptors (Lipinski definition) is 5. The molecule has 1 aromatic heterocycles. The molecule has 1 atom stereocenters. The number of nitrogens with one attached hydrogen (secondary N) is 1. The summed E-state index contributed by atoms with van der Waals surface area (Å²) in [5.74, 6) is 0.245. The molecule has 1 N–H and O–H groups in total. The molecule has 0 aromatic carbocycles. The maximum atomic E-state index is 11.9. The van der Waals surface area contributed by atoms with Crippen LogP contribution in [0, 0.1) is 25.2 Å². The van der Waals surface area contributed by atoms with Crippen molar-refractivity contribution in [3.05, 3.63) is 11.5 Å². The van der Waals surface area contributed by atoms with Crippen molar-refractivity contribution < 1.29 is 12.9 Å². The standard InChI is InChI=1S/C9H13N3O3S/c1-6(4-5-10)12-16(13,14)9-7(2)11-15-8(9)3/h6,12H,4H2,1-3H3. The van der Waals surface area contributed by atoms with Gasteiger partial charge in [0.05, 0.1) is 12.5 Å². The van der Waals surface area contributed by atoms with Crippen LogP contribution >= 0.6 is 0 Å². The summed E-state index contributed by atoms with van der Waals surface area (Å²) in [6.45, 7) is 4.71. The topological polar surface area (TPSA) is 96.0 Å². The lowest BCUT2D eigenvalue weighted by Gasteiger charge is -2.10. The Balaban J connectivity index is 3.00. The number of nitriles is 1. The van der Waals surface area contributed by atoms with Crippen molar-refractivity contribution in [3.8, 4) is 6.07 Å². The monoisotopic (exact) mass is 243 g/mol. The normalized spacial score (nSPS) is 13.4. The Kier molecular flexibility index (Phi) is 3.67. The van der Waals surface area contributed by atoms with E-state index in [1.807, 2.05) is 6.07 Å². The fraction of sp³-hybridized carbons (Fsp3) is 0.556. The molecule has 0 saturated heterocycles. The Morgan fingerprint density at radius 3 is 2.62 bits per heavy atom. The number of nitrogens with zero attached hydrogens (tertiary/aromatic N) is 2. The highest BCUT2D eigenvalue weighted by atomic mass is 32.2. The molecule has 0 spiro atoms. The second-order valence-electron chi connectivity index (χ2n) is 3.54. The molecule has 1 heterocycles. The summed E-state index contributed by atoms with van der Waals surface area (Å²) in [5.41, 5.74) is 0.314. The molecule has 0 aliphatic carbocycles. The van der Waals surface area contributed by atoms with Gasteiger partial charge >= 0.3 is 0 Å². The van der Waals surface area contributed by atoms with Crippen molar-refractivity contribution in [1.82, 2.24) is 9.88 Å². The van der Waals surface area contributed by atoms with Crippen molar-refractivity contribution in [2.45, 2.75) is 38.1 Å². The van der Waals surface area contributed by atoms with Crippen molar-refractivity contribution in [2.75, 3.05) is 0 Å². The highest BCUT2D eigenvalue weighted by Crippen LogP contribution is 2.18. The van der Waals surface area contributed by atoms with Crippen LogP contribution in [-0.2, 0) is 10.0 Å². The van der Waals surface area contributed by atoms with E-state index in [4.69, 9.17) is 9.78 Å². The van der Waals surface area contributed by atoms with E-state index in [0.29, 0.717) is 5.69 Å². The summed E-state index contributed by atoms with van der Waals surface area (Å²) in [6.07, 6.45) is 0.114. The summed E-state index contributed by atoms with van der Waals surface area (Å²) in [5, 5.41) is 12.0. The highest BCUT2D eigenvalue weighted by molar-refractivity contribution is 7.89. The molecule has 1 unspecified atom stereocenters. The van der Waals surface area contributed by atoms with E-state index in [-0.39, 0.29) is 17.1 Å². The molecule has 0 fully saturated rings.